The Balaban J connectivity index is 0.0000000833. The van der Waals surface area contributed by atoms with Gasteiger partial charge in [0.1, 0.15) is 0 Å². The fraction of sp³-hybridized carbons (Fsp3) is 0.750. The minimum atomic E-state index is 1.50. The second-order valence-corrected chi connectivity index (χ2v) is 1.37. The molecule has 6 heavy (non-hydrogen) atoms. The van der Waals surface area contributed by atoms with Crippen molar-refractivity contribution in [1.82, 2.24) is 0 Å². The van der Waals surface area contributed by atoms with Crippen molar-refractivity contribution in [2.45, 2.75) is 19.3 Å². The molecule has 0 heterocycles. The number of isothiocyanates is 1. The van der Waals surface area contributed by atoms with Gasteiger partial charge in [-0.05, 0) is 12.2 Å². The van der Waals surface area contributed by atoms with Crippen LogP contribution in [0.2, 0.25) is 0 Å². The van der Waals surface area contributed by atoms with Crippen molar-refractivity contribution < 1.29 is 0 Å². The zero-order valence-corrected chi connectivity index (χ0v) is 4.35. The van der Waals surface area contributed by atoms with Crippen LogP contribution in [0, 0.1) is 5.41 Å². The van der Waals surface area contributed by atoms with Crippen LogP contribution in [-0.4, -0.2) is 5.16 Å². The first-order chi connectivity index (χ1) is 2.91. The molecule has 0 aromatic rings. The summed E-state index contributed by atoms with van der Waals surface area (Å²) in [5.74, 6) is 0. The Morgan fingerprint density at radius 3 is 1.50 bits per heavy atom. The fourth-order valence-corrected chi connectivity index (χ4v) is 0. The maximum atomic E-state index is 5.77. The van der Waals surface area contributed by atoms with E-state index in [1.54, 1.807) is 5.16 Å². The number of rotatable bonds is 0. The second kappa shape index (κ2) is 4.80. The van der Waals surface area contributed by atoms with Gasteiger partial charge in [0.05, 0.1) is 5.16 Å². The molecule has 0 radical (unpaired) electrons. The maximum Gasteiger partial charge on any atom is 0.0554 e. The molecule has 1 rings (SSSR count). The maximum absolute atomic E-state index is 5.77. The van der Waals surface area contributed by atoms with Gasteiger partial charge in [-0.3, -0.25) is 0 Å². The lowest BCUT2D eigenvalue weighted by molar-refractivity contribution is 1.50. The average Bonchev–Trinajstić information content (AvgIpc) is 2.11. The fourth-order valence-electron chi connectivity index (χ4n) is 0. The van der Waals surface area contributed by atoms with E-state index >= 15 is 0 Å². The largest absolute Gasteiger partial charge is 0.248 e. The monoisotopic (exact) mass is 101 g/mol. The van der Waals surface area contributed by atoms with Crippen molar-refractivity contribution >= 4 is 17.4 Å². The third-order valence-electron chi connectivity index (χ3n) is 0.354. The number of hydrogen-bond acceptors (Lipinski definition) is 2. The van der Waals surface area contributed by atoms with Gasteiger partial charge in [0.25, 0.3) is 0 Å². The quantitative estimate of drug-likeness (QED) is 0.365. The van der Waals surface area contributed by atoms with E-state index < -0.39 is 0 Å². The summed E-state index contributed by atoms with van der Waals surface area (Å²) >= 11 is 3.81. The van der Waals surface area contributed by atoms with Crippen molar-refractivity contribution in [3.05, 3.63) is 0 Å². The lowest BCUT2D eigenvalue weighted by Crippen LogP contribution is -1.03. The molecule has 34 valence electrons. The highest BCUT2D eigenvalue weighted by Gasteiger charge is 1.95. The van der Waals surface area contributed by atoms with E-state index in [9.17, 15) is 0 Å². The molecular formula is C4H7NS. The molecule has 0 atom stereocenters. The Hall–Kier alpha value is -0.200. The van der Waals surface area contributed by atoms with Gasteiger partial charge < -0.3 is 0 Å². The zero-order valence-electron chi connectivity index (χ0n) is 3.53. The molecule has 0 bridgehead atoms. The van der Waals surface area contributed by atoms with Crippen LogP contribution in [0.3, 0.4) is 0 Å². The topological polar surface area (TPSA) is 23.9 Å². The molecule has 0 unspecified atom stereocenters. The molecule has 1 fully saturated rings. The Labute approximate surface area is 42.9 Å². The third kappa shape index (κ3) is 46.5. The van der Waals surface area contributed by atoms with Crippen LogP contribution < -0.4 is 0 Å². The van der Waals surface area contributed by atoms with Crippen LogP contribution in [0.5, 0.6) is 0 Å². The van der Waals surface area contributed by atoms with Gasteiger partial charge in [0.15, 0.2) is 0 Å². The Bertz CT molecular complexity index is 49.8. The summed E-state index contributed by atoms with van der Waals surface area (Å²) in [7, 11) is 0. The summed E-state index contributed by atoms with van der Waals surface area (Å²) in [6.45, 7) is 0. The van der Waals surface area contributed by atoms with E-state index in [-0.39, 0.29) is 0 Å². The number of nitrogens with one attached hydrogen (secondary N) is 1. The number of thiocarbonyl (C=S) groups is 1. The van der Waals surface area contributed by atoms with Crippen molar-refractivity contribution in [1.29, 1.82) is 5.41 Å². The van der Waals surface area contributed by atoms with Crippen LogP contribution in [0.25, 0.3) is 0 Å². The van der Waals surface area contributed by atoms with E-state index in [2.05, 4.69) is 12.2 Å². The molecule has 0 spiro atoms. The smallest absolute Gasteiger partial charge is 0.0554 e. The van der Waals surface area contributed by atoms with Gasteiger partial charge in [0, 0.05) is 0 Å². The molecule has 1 nitrogen and oxygen atoms in total. The van der Waals surface area contributed by atoms with Gasteiger partial charge in [-0.25, -0.2) is 5.41 Å². The molecule has 1 aliphatic carbocycles. The zero-order chi connectivity index (χ0) is 4.83. The van der Waals surface area contributed by atoms with Crippen LogP contribution in [-0.2, 0) is 0 Å². The van der Waals surface area contributed by atoms with E-state index in [1.807, 2.05) is 0 Å². The van der Waals surface area contributed by atoms with Crippen LogP contribution in [0.1, 0.15) is 19.3 Å². The lowest BCUT2D eigenvalue weighted by Gasteiger charge is -1.05. The summed E-state index contributed by atoms with van der Waals surface area (Å²) in [6, 6.07) is 0. The Morgan fingerprint density at radius 2 is 1.50 bits per heavy atom. The van der Waals surface area contributed by atoms with Crippen LogP contribution >= 0.6 is 12.2 Å². The number of hydrogen-bond donors (Lipinski definition) is 1. The Kier molecular flexibility index (Phi) is 4.64. The molecular weight excluding hydrogens is 94.1 g/mol. The molecule has 0 aliphatic heterocycles. The predicted molar refractivity (Wildman–Crippen MR) is 29.2 cm³/mol. The van der Waals surface area contributed by atoms with Gasteiger partial charge >= 0.3 is 0 Å². The van der Waals surface area contributed by atoms with Crippen molar-refractivity contribution in [2.75, 3.05) is 0 Å². The summed E-state index contributed by atoms with van der Waals surface area (Å²) in [4.78, 5) is 0. The molecule has 0 amide bonds. The first-order valence-electron chi connectivity index (χ1n) is 1.95. The van der Waals surface area contributed by atoms with Crippen molar-refractivity contribution in [3.63, 3.8) is 0 Å². The third-order valence-corrected chi connectivity index (χ3v) is 0.354. The van der Waals surface area contributed by atoms with E-state index in [1.165, 1.54) is 19.3 Å². The molecule has 1 aliphatic rings. The molecule has 0 saturated heterocycles. The first kappa shape index (κ1) is 5.80. The van der Waals surface area contributed by atoms with Gasteiger partial charge in [0.2, 0.25) is 0 Å². The lowest BCUT2D eigenvalue weighted by atomic mass is 11.0. The molecule has 2 heteroatoms. The average molecular weight is 101 g/mol. The van der Waals surface area contributed by atoms with Gasteiger partial charge in [-0.15, -0.1) is 0 Å². The highest BCUT2D eigenvalue weighted by molar-refractivity contribution is 7.78. The van der Waals surface area contributed by atoms with E-state index in [0.717, 1.165) is 0 Å². The van der Waals surface area contributed by atoms with E-state index in [4.69, 9.17) is 5.41 Å². The first-order valence-corrected chi connectivity index (χ1v) is 2.36. The predicted octanol–water partition coefficient (Wildman–Crippen LogP) is 1.84. The van der Waals surface area contributed by atoms with Gasteiger partial charge in [-0.1, -0.05) is 19.3 Å². The summed E-state index contributed by atoms with van der Waals surface area (Å²) in [6.07, 6.45) is 4.50. The summed E-state index contributed by atoms with van der Waals surface area (Å²) < 4.78 is 0. The molecule has 1 N–H and O–H groups in total. The van der Waals surface area contributed by atoms with Crippen molar-refractivity contribution in [3.8, 4) is 0 Å². The van der Waals surface area contributed by atoms with Crippen molar-refractivity contribution in [2.24, 2.45) is 0 Å². The highest BCUT2D eigenvalue weighted by Crippen LogP contribution is 2.14. The summed E-state index contributed by atoms with van der Waals surface area (Å²) in [5.41, 5.74) is 0. The second-order valence-electron chi connectivity index (χ2n) is 1.16. The minimum Gasteiger partial charge on any atom is -0.248 e. The molecule has 1 saturated carbocycles. The molecule has 0 aromatic heterocycles. The standard InChI is InChI=1S/C3H6.CHNS/c1-2-3-1;2-1-3/h1-3H2;2H. The summed E-state index contributed by atoms with van der Waals surface area (Å²) in [5, 5.41) is 7.36. The highest BCUT2D eigenvalue weighted by atomic mass is 32.1. The van der Waals surface area contributed by atoms with Gasteiger partial charge in [-0.2, -0.15) is 0 Å². The molecule has 0 aromatic carbocycles. The normalized spacial score (nSPS) is 13.3. The SMILES string of the molecule is C1CC1.N=C=S. The Morgan fingerprint density at radius 1 is 1.33 bits per heavy atom. The van der Waals surface area contributed by atoms with Crippen LogP contribution in [0.4, 0.5) is 0 Å². The minimum absolute atomic E-state index is 1.50. The van der Waals surface area contributed by atoms with E-state index in [0.29, 0.717) is 0 Å². The van der Waals surface area contributed by atoms with Crippen LogP contribution in [0.15, 0.2) is 0 Å².